The lowest BCUT2D eigenvalue weighted by molar-refractivity contribution is -0.121. The topological polar surface area (TPSA) is 82.0 Å². The van der Waals surface area contributed by atoms with Gasteiger partial charge in [-0.25, -0.2) is 0 Å². The molecule has 0 fully saturated rings. The van der Waals surface area contributed by atoms with E-state index in [2.05, 4.69) is 16.7 Å². The van der Waals surface area contributed by atoms with E-state index in [-0.39, 0.29) is 29.9 Å². The second-order valence-electron chi connectivity index (χ2n) is 6.32. The molecule has 0 aliphatic carbocycles. The third-order valence-electron chi connectivity index (χ3n) is 4.45. The van der Waals surface area contributed by atoms with Gasteiger partial charge in [0.15, 0.2) is 0 Å². The molecule has 2 N–H and O–H groups in total. The SMILES string of the molecule is Cc1c(Cl)cccc1NC(=O)CSC1=C(C#N)[C@@H](c2ccccc2)CC(=O)N1. The maximum atomic E-state index is 12.4. The normalized spacial score (nSPS) is 16.3. The summed E-state index contributed by atoms with van der Waals surface area (Å²) in [4.78, 5) is 24.5. The zero-order valence-electron chi connectivity index (χ0n) is 15.2. The first-order valence-electron chi connectivity index (χ1n) is 8.66. The largest absolute Gasteiger partial charge is 0.325 e. The molecule has 2 aromatic rings. The Labute approximate surface area is 172 Å². The third kappa shape index (κ3) is 4.56. The average Bonchev–Trinajstić information content (AvgIpc) is 2.70. The molecule has 2 aromatic carbocycles. The zero-order valence-corrected chi connectivity index (χ0v) is 16.7. The van der Waals surface area contributed by atoms with Crippen LogP contribution in [0.3, 0.4) is 0 Å². The van der Waals surface area contributed by atoms with Gasteiger partial charge in [-0.2, -0.15) is 5.26 Å². The van der Waals surface area contributed by atoms with Crippen LogP contribution in [0.15, 0.2) is 59.1 Å². The van der Waals surface area contributed by atoms with Gasteiger partial charge in [-0.3, -0.25) is 9.59 Å². The van der Waals surface area contributed by atoms with Gasteiger partial charge in [-0.05, 0) is 30.2 Å². The smallest absolute Gasteiger partial charge is 0.234 e. The molecule has 3 rings (SSSR count). The van der Waals surface area contributed by atoms with Crippen molar-refractivity contribution in [3.8, 4) is 6.07 Å². The summed E-state index contributed by atoms with van der Waals surface area (Å²) >= 11 is 7.23. The minimum absolute atomic E-state index is 0.0637. The Hall–Kier alpha value is -2.75. The van der Waals surface area contributed by atoms with Crippen LogP contribution in [0.5, 0.6) is 0 Å². The summed E-state index contributed by atoms with van der Waals surface area (Å²) in [6.45, 7) is 1.83. The van der Waals surface area contributed by atoms with Gasteiger partial charge in [0.05, 0.1) is 22.4 Å². The molecule has 1 atom stereocenters. The molecule has 0 unspecified atom stereocenters. The number of hydrogen-bond acceptors (Lipinski definition) is 4. The lowest BCUT2D eigenvalue weighted by atomic mass is 9.87. The monoisotopic (exact) mass is 411 g/mol. The fourth-order valence-corrected chi connectivity index (χ4v) is 4.02. The maximum absolute atomic E-state index is 12.4. The van der Waals surface area contributed by atoms with E-state index in [1.807, 2.05) is 37.3 Å². The molecule has 0 saturated heterocycles. The van der Waals surface area contributed by atoms with Crippen molar-refractivity contribution in [2.45, 2.75) is 19.3 Å². The summed E-state index contributed by atoms with van der Waals surface area (Å²) in [6.07, 6.45) is 0.213. The quantitative estimate of drug-likeness (QED) is 0.765. The van der Waals surface area contributed by atoms with Crippen LogP contribution in [0.2, 0.25) is 5.02 Å². The highest BCUT2D eigenvalue weighted by atomic mass is 35.5. The van der Waals surface area contributed by atoms with E-state index >= 15 is 0 Å². The van der Waals surface area contributed by atoms with E-state index in [4.69, 9.17) is 11.6 Å². The van der Waals surface area contributed by atoms with Gasteiger partial charge in [0, 0.05) is 23.0 Å². The number of rotatable bonds is 5. The van der Waals surface area contributed by atoms with Crippen molar-refractivity contribution in [3.05, 3.63) is 75.3 Å². The van der Waals surface area contributed by atoms with Gasteiger partial charge in [0.25, 0.3) is 0 Å². The molecule has 1 heterocycles. The number of anilines is 1. The minimum atomic E-state index is -0.305. The Balaban J connectivity index is 1.75. The van der Waals surface area contributed by atoms with Gasteiger partial charge in [-0.15, -0.1) is 0 Å². The standard InChI is InChI=1S/C21H18ClN3O2S/c1-13-17(22)8-5-9-18(13)24-20(27)12-28-21-16(11-23)15(10-19(26)25-21)14-6-3-2-4-7-14/h2-9,15H,10,12H2,1H3,(H,24,27)(H,25,26)/t15-/m1/s1. The first-order chi connectivity index (χ1) is 13.5. The van der Waals surface area contributed by atoms with Gasteiger partial charge in [0.2, 0.25) is 11.8 Å². The average molecular weight is 412 g/mol. The van der Waals surface area contributed by atoms with E-state index in [1.165, 1.54) is 0 Å². The van der Waals surface area contributed by atoms with E-state index in [0.29, 0.717) is 21.3 Å². The molecule has 0 spiro atoms. The van der Waals surface area contributed by atoms with Crippen LogP contribution in [0.1, 0.15) is 23.5 Å². The highest BCUT2D eigenvalue weighted by Crippen LogP contribution is 2.35. The molecule has 0 bridgehead atoms. The number of nitrogens with one attached hydrogen (secondary N) is 2. The highest BCUT2D eigenvalue weighted by Gasteiger charge is 2.29. The van der Waals surface area contributed by atoms with E-state index < -0.39 is 0 Å². The van der Waals surface area contributed by atoms with Crippen LogP contribution in [0.4, 0.5) is 5.69 Å². The van der Waals surface area contributed by atoms with E-state index in [0.717, 1.165) is 22.9 Å². The van der Waals surface area contributed by atoms with Crippen molar-refractivity contribution >= 4 is 40.9 Å². The highest BCUT2D eigenvalue weighted by molar-refractivity contribution is 8.03. The Kier molecular flexibility index (Phi) is 6.40. The fourth-order valence-electron chi connectivity index (χ4n) is 2.97. The van der Waals surface area contributed by atoms with E-state index in [9.17, 15) is 14.9 Å². The van der Waals surface area contributed by atoms with Gasteiger partial charge < -0.3 is 10.6 Å². The molecule has 142 valence electrons. The molecule has 0 radical (unpaired) electrons. The number of carbonyl (C=O) groups is 2. The molecular weight excluding hydrogens is 394 g/mol. The number of hydrogen-bond donors (Lipinski definition) is 2. The van der Waals surface area contributed by atoms with Gasteiger partial charge in [0.1, 0.15) is 0 Å². The number of amides is 2. The molecule has 2 amide bonds. The molecule has 0 aromatic heterocycles. The fraction of sp³-hybridized carbons (Fsp3) is 0.190. The number of allylic oxidation sites excluding steroid dienone is 1. The third-order valence-corrected chi connectivity index (χ3v) is 5.87. The molecule has 7 heteroatoms. The molecule has 1 aliphatic heterocycles. The van der Waals surface area contributed by atoms with Gasteiger partial charge in [-0.1, -0.05) is 59.8 Å². The van der Waals surface area contributed by atoms with Crippen molar-refractivity contribution in [2.75, 3.05) is 11.1 Å². The van der Waals surface area contributed by atoms with Crippen LogP contribution < -0.4 is 10.6 Å². The Morgan fingerprint density at radius 3 is 2.75 bits per heavy atom. The van der Waals surface area contributed by atoms with Crippen LogP contribution in [-0.2, 0) is 9.59 Å². The van der Waals surface area contributed by atoms with Crippen molar-refractivity contribution in [1.29, 1.82) is 5.26 Å². The predicted octanol–water partition coefficient (Wildman–Crippen LogP) is 4.36. The summed E-state index contributed by atoms with van der Waals surface area (Å²) in [5.74, 6) is -0.646. The molecule has 0 saturated carbocycles. The zero-order chi connectivity index (χ0) is 20.1. The molecule has 28 heavy (non-hydrogen) atoms. The second-order valence-corrected chi connectivity index (χ2v) is 7.71. The van der Waals surface area contributed by atoms with E-state index in [1.54, 1.807) is 18.2 Å². The molecule has 5 nitrogen and oxygen atoms in total. The van der Waals surface area contributed by atoms with Crippen LogP contribution in [0.25, 0.3) is 0 Å². The first-order valence-corrected chi connectivity index (χ1v) is 10.0. The Bertz CT molecular complexity index is 983. The number of thioether (sulfide) groups is 1. The van der Waals surface area contributed by atoms with Gasteiger partial charge >= 0.3 is 0 Å². The Morgan fingerprint density at radius 2 is 2.04 bits per heavy atom. The van der Waals surface area contributed by atoms with Crippen LogP contribution in [-0.4, -0.2) is 17.6 Å². The summed E-state index contributed by atoms with van der Waals surface area (Å²) in [5.41, 5.74) is 2.81. The molecule has 1 aliphatic rings. The van der Waals surface area contributed by atoms with Crippen molar-refractivity contribution in [1.82, 2.24) is 5.32 Å². The predicted molar refractivity (Wildman–Crippen MR) is 112 cm³/mol. The van der Waals surface area contributed by atoms with Crippen molar-refractivity contribution in [2.24, 2.45) is 0 Å². The number of carbonyl (C=O) groups excluding carboxylic acids is 2. The number of halogens is 1. The number of benzene rings is 2. The van der Waals surface area contributed by atoms with Crippen LogP contribution in [0, 0.1) is 18.3 Å². The molecular formula is C21H18ClN3O2S. The minimum Gasteiger partial charge on any atom is -0.325 e. The summed E-state index contributed by atoms with van der Waals surface area (Å²) in [7, 11) is 0. The second kappa shape index (κ2) is 8.96. The van der Waals surface area contributed by atoms with Crippen LogP contribution >= 0.6 is 23.4 Å². The summed E-state index contributed by atoms with van der Waals surface area (Å²) in [5, 5.41) is 16.2. The lowest BCUT2D eigenvalue weighted by Crippen LogP contribution is -2.31. The Morgan fingerprint density at radius 1 is 1.29 bits per heavy atom. The van der Waals surface area contributed by atoms with Crippen molar-refractivity contribution in [3.63, 3.8) is 0 Å². The number of nitriles is 1. The van der Waals surface area contributed by atoms with Crippen molar-refractivity contribution < 1.29 is 9.59 Å². The number of nitrogens with zero attached hydrogens (tertiary/aromatic N) is 1. The summed E-state index contributed by atoms with van der Waals surface area (Å²) in [6, 6.07) is 17.0. The maximum Gasteiger partial charge on any atom is 0.234 e. The first kappa shape index (κ1) is 20.0. The summed E-state index contributed by atoms with van der Waals surface area (Å²) < 4.78 is 0. The lowest BCUT2D eigenvalue weighted by Gasteiger charge is -2.25.